The van der Waals surface area contributed by atoms with E-state index < -0.39 is 34.3 Å². The number of sulfonamides is 1. The molecule has 0 bridgehead atoms. The van der Waals surface area contributed by atoms with Gasteiger partial charge in [0, 0.05) is 19.0 Å². The molecule has 9 heteroatoms. The molecular weight excluding hydrogens is 601 g/mol. The van der Waals surface area contributed by atoms with Crippen LogP contribution in [0.5, 0.6) is 0 Å². The quantitative estimate of drug-likeness (QED) is 0.180. The second-order valence-corrected chi connectivity index (χ2v) is 13.7. The minimum Gasteiger partial charge on any atom is -0.352 e. The molecule has 46 heavy (non-hydrogen) atoms. The van der Waals surface area contributed by atoms with Crippen LogP contribution in [0.3, 0.4) is 0 Å². The molecule has 4 aromatic rings. The number of rotatable bonds is 13. The van der Waals surface area contributed by atoms with E-state index in [-0.39, 0.29) is 29.8 Å². The van der Waals surface area contributed by atoms with Crippen molar-refractivity contribution in [1.82, 2.24) is 10.2 Å². The van der Waals surface area contributed by atoms with Crippen LogP contribution in [0.1, 0.15) is 48.1 Å². The van der Waals surface area contributed by atoms with Crippen LogP contribution in [0.25, 0.3) is 0 Å². The molecule has 0 fully saturated rings. The number of amides is 2. The van der Waals surface area contributed by atoms with Crippen molar-refractivity contribution in [2.75, 3.05) is 10.8 Å². The highest BCUT2D eigenvalue weighted by Gasteiger charge is 2.35. The average molecular weight is 644 g/mol. The maximum absolute atomic E-state index is 14.6. The fraction of sp³-hybridized carbons (Fsp3) is 0.297. The standard InChI is InChI=1S/C37H42FN3O4S/c1-6-29(5)39-37(43)35(23-30-10-8-7-9-11-30)40(24-31-14-16-32(38)17-15-31)36(42)25-41(33-21-27(3)20-28(4)22-33)46(44,45)34-18-12-26(2)13-19-34/h7-22,29,35H,6,23-25H2,1-5H3,(H,39,43)/t29-,35+/m1/s1. The summed E-state index contributed by atoms with van der Waals surface area (Å²) in [5.41, 5.74) is 4.35. The van der Waals surface area contributed by atoms with E-state index in [1.165, 1.54) is 29.2 Å². The third kappa shape index (κ3) is 8.81. The number of hydrogen-bond acceptors (Lipinski definition) is 4. The molecule has 0 aliphatic rings. The van der Waals surface area contributed by atoms with Gasteiger partial charge in [-0.25, -0.2) is 12.8 Å². The van der Waals surface area contributed by atoms with Crippen LogP contribution in [-0.4, -0.2) is 43.8 Å². The molecule has 4 rings (SSSR count). The van der Waals surface area contributed by atoms with Crippen LogP contribution in [-0.2, 0) is 32.6 Å². The van der Waals surface area contributed by atoms with E-state index in [0.29, 0.717) is 17.7 Å². The van der Waals surface area contributed by atoms with E-state index in [2.05, 4.69) is 5.32 Å². The van der Waals surface area contributed by atoms with Crippen molar-refractivity contribution >= 4 is 27.5 Å². The molecule has 0 aromatic heterocycles. The van der Waals surface area contributed by atoms with Crippen molar-refractivity contribution in [3.63, 3.8) is 0 Å². The Morgan fingerprint density at radius 1 is 0.804 bits per heavy atom. The van der Waals surface area contributed by atoms with Gasteiger partial charge in [-0.15, -0.1) is 0 Å². The Hall–Kier alpha value is -4.50. The normalized spacial score (nSPS) is 12.7. The van der Waals surface area contributed by atoms with Crippen LogP contribution >= 0.6 is 0 Å². The molecule has 2 amide bonds. The first-order valence-electron chi connectivity index (χ1n) is 15.4. The third-order valence-corrected chi connectivity index (χ3v) is 9.71. The van der Waals surface area contributed by atoms with Crippen LogP contribution in [0.15, 0.2) is 102 Å². The van der Waals surface area contributed by atoms with Crippen LogP contribution < -0.4 is 9.62 Å². The fourth-order valence-corrected chi connectivity index (χ4v) is 6.64. The number of benzene rings is 4. The van der Waals surface area contributed by atoms with E-state index in [9.17, 15) is 22.4 Å². The summed E-state index contributed by atoms with van der Waals surface area (Å²) in [6.07, 6.45) is 0.884. The Bertz CT molecular complexity index is 1720. The first-order chi connectivity index (χ1) is 21.9. The number of anilines is 1. The number of halogens is 1. The van der Waals surface area contributed by atoms with Crippen molar-refractivity contribution in [1.29, 1.82) is 0 Å². The summed E-state index contributed by atoms with van der Waals surface area (Å²) in [7, 11) is -4.20. The minimum absolute atomic E-state index is 0.0319. The highest BCUT2D eigenvalue weighted by molar-refractivity contribution is 7.92. The van der Waals surface area contributed by atoms with Crippen LogP contribution in [0.4, 0.5) is 10.1 Å². The number of carbonyl (C=O) groups excluding carboxylic acids is 2. The Kier molecular flexibility index (Phi) is 11.4. The summed E-state index contributed by atoms with van der Waals surface area (Å²) in [5, 5.41) is 3.02. The molecule has 1 N–H and O–H groups in total. The predicted molar refractivity (Wildman–Crippen MR) is 180 cm³/mol. The number of aryl methyl sites for hydroxylation is 3. The lowest BCUT2D eigenvalue weighted by atomic mass is 10.0. The van der Waals surface area contributed by atoms with Crippen molar-refractivity contribution in [2.45, 2.75) is 71.0 Å². The molecule has 2 atom stereocenters. The monoisotopic (exact) mass is 643 g/mol. The SMILES string of the molecule is CC[C@@H](C)NC(=O)[C@H](Cc1ccccc1)N(Cc1ccc(F)cc1)C(=O)CN(c1cc(C)cc(C)c1)S(=O)(=O)c1ccc(C)cc1. The lowest BCUT2D eigenvalue weighted by molar-refractivity contribution is -0.140. The van der Waals surface area contributed by atoms with E-state index in [1.807, 2.05) is 71.0 Å². The lowest BCUT2D eigenvalue weighted by Gasteiger charge is -2.34. The van der Waals surface area contributed by atoms with Gasteiger partial charge in [-0.3, -0.25) is 13.9 Å². The van der Waals surface area contributed by atoms with Gasteiger partial charge >= 0.3 is 0 Å². The van der Waals surface area contributed by atoms with Crippen molar-refractivity contribution in [2.24, 2.45) is 0 Å². The van der Waals surface area contributed by atoms with Gasteiger partial charge in [0.25, 0.3) is 10.0 Å². The van der Waals surface area contributed by atoms with Gasteiger partial charge in [-0.05, 0) is 92.8 Å². The molecule has 0 saturated heterocycles. The summed E-state index contributed by atoms with van der Waals surface area (Å²) in [6, 6.07) is 25.8. The Labute approximate surface area is 272 Å². The zero-order chi connectivity index (χ0) is 33.4. The molecule has 0 heterocycles. The van der Waals surface area contributed by atoms with Gasteiger partial charge in [0.2, 0.25) is 11.8 Å². The fourth-order valence-electron chi connectivity index (χ4n) is 5.24. The highest BCUT2D eigenvalue weighted by atomic mass is 32.2. The van der Waals surface area contributed by atoms with E-state index in [4.69, 9.17) is 0 Å². The van der Waals surface area contributed by atoms with Crippen LogP contribution in [0.2, 0.25) is 0 Å². The molecular formula is C37H42FN3O4S. The van der Waals surface area contributed by atoms with Gasteiger partial charge in [0.15, 0.2) is 0 Å². The molecule has 0 saturated carbocycles. The third-order valence-electron chi connectivity index (χ3n) is 7.92. The number of nitrogens with one attached hydrogen (secondary N) is 1. The van der Waals surface area contributed by atoms with Crippen molar-refractivity contribution < 1.29 is 22.4 Å². The summed E-state index contributed by atoms with van der Waals surface area (Å²) < 4.78 is 43.4. The second-order valence-electron chi connectivity index (χ2n) is 11.8. The zero-order valence-electron chi connectivity index (χ0n) is 27.0. The Morgan fingerprint density at radius 3 is 2.00 bits per heavy atom. The topological polar surface area (TPSA) is 86.8 Å². The van der Waals surface area contributed by atoms with Crippen LogP contribution in [0, 0.1) is 26.6 Å². The molecule has 0 aliphatic heterocycles. The first kappa shape index (κ1) is 34.4. The Morgan fingerprint density at radius 2 is 1.41 bits per heavy atom. The lowest BCUT2D eigenvalue weighted by Crippen LogP contribution is -2.54. The van der Waals surface area contributed by atoms with Gasteiger partial charge in [0.05, 0.1) is 10.6 Å². The summed E-state index contributed by atoms with van der Waals surface area (Å²) in [5.74, 6) is -1.35. The molecule has 4 aromatic carbocycles. The Balaban J connectivity index is 1.83. The van der Waals surface area contributed by atoms with Crippen molar-refractivity contribution in [3.05, 3.63) is 131 Å². The highest BCUT2D eigenvalue weighted by Crippen LogP contribution is 2.27. The van der Waals surface area contributed by atoms with E-state index in [1.54, 1.807) is 36.4 Å². The predicted octanol–water partition coefficient (Wildman–Crippen LogP) is 6.50. The average Bonchev–Trinajstić information content (AvgIpc) is 3.02. The van der Waals surface area contributed by atoms with Gasteiger partial charge in [-0.1, -0.05) is 73.2 Å². The van der Waals surface area contributed by atoms with E-state index in [0.717, 1.165) is 26.6 Å². The molecule has 0 spiro atoms. The second kappa shape index (κ2) is 15.2. The smallest absolute Gasteiger partial charge is 0.264 e. The summed E-state index contributed by atoms with van der Waals surface area (Å²) in [6.45, 7) is 8.86. The van der Waals surface area contributed by atoms with E-state index >= 15 is 0 Å². The van der Waals surface area contributed by atoms with Gasteiger partial charge < -0.3 is 10.2 Å². The van der Waals surface area contributed by atoms with Gasteiger partial charge in [-0.2, -0.15) is 0 Å². The minimum atomic E-state index is -4.20. The summed E-state index contributed by atoms with van der Waals surface area (Å²) >= 11 is 0. The maximum atomic E-state index is 14.6. The summed E-state index contributed by atoms with van der Waals surface area (Å²) in [4.78, 5) is 29.9. The van der Waals surface area contributed by atoms with Crippen molar-refractivity contribution in [3.8, 4) is 0 Å². The molecule has 7 nitrogen and oxygen atoms in total. The molecule has 0 unspecified atom stereocenters. The largest absolute Gasteiger partial charge is 0.352 e. The number of carbonyl (C=O) groups is 2. The molecule has 242 valence electrons. The maximum Gasteiger partial charge on any atom is 0.264 e. The number of nitrogens with zero attached hydrogens (tertiary/aromatic N) is 2. The molecule has 0 radical (unpaired) electrons. The molecule has 0 aliphatic carbocycles. The zero-order valence-corrected chi connectivity index (χ0v) is 27.9. The van der Waals surface area contributed by atoms with Gasteiger partial charge in [0.1, 0.15) is 18.4 Å². The first-order valence-corrected chi connectivity index (χ1v) is 16.9. The number of hydrogen-bond donors (Lipinski definition) is 1.